The Labute approximate surface area is 188 Å². The summed E-state index contributed by atoms with van der Waals surface area (Å²) < 4.78 is 42.6. The number of hydrogen-bond acceptors (Lipinski definition) is 3. The predicted octanol–water partition coefficient (Wildman–Crippen LogP) is 6.25. The van der Waals surface area contributed by atoms with Crippen LogP contribution < -0.4 is 5.32 Å². The summed E-state index contributed by atoms with van der Waals surface area (Å²) in [6.45, 7) is 2.61. The molecule has 0 radical (unpaired) electrons. The second-order valence-corrected chi connectivity index (χ2v) is 8.89. The fraction of sp³-hybridized carbons (Fsp3) is 0.524. The molecule has 2 aliphatic heterocycles. The SMILES string of the molecule is CC[C@@H]1CCCCN1C(=O)c1cc2n(n1)[C@@H](C(F)(F)F)C[C@H](c1ccc(Cl)c(Cl)c1)N2. The quantitative estimate of drug-likeness (QED) is 0.571. The number of carbonyl (C=O) groups is 1. The lowest BCUT2D eigenvalue weighted by Crippen LogP contribution is -2.43. The maximum absolute atomic E-state index is 13.9. The number of aromatic nitrogens is 2. The number of likely N-dealkylation sites (tertiary alicyclic amines) is 1. The molecule has 0 bridgehead atoms. The summed E-state index contributed by atoms with van der Waals surface area (Å²) in [5.74, 6) is -0.152. The van der Waals surface area contributed by atoms with Crippen LogP contribution in [-0.2, 0) is 0 Å². The molecule has 2 aliphatic rings. The molecule has 10 heteroatoms. The first-order valence-corrected chi connectivity index (χ1v) is 11.1. The number of hydrogen-bond donors (Lipinski definition) is 1. The lowest BCUT2D eigenvalue weighted by atomic mass is 9.97. The minimum absolute atomic E-state index is 0.0342. The Hall–Kier alpha value is -1.93. The van der Waals surface area contributed by atoms with Gasteiger partial charge in [0.1, 0.15) is 5.82 Å². The lowest BCUT2D eigenvalue weighted by molar-refractivity contribution is -0.173. The largest absolute Gasteiger partial charge is 0.410 e. The molecule has 1 fully saturated rings. The zero-order chi connectivity index (χ0) is 22.3. The van der Waals surface area contributed by atoms with E-state index in [2.05, 4.69) is 10.4 Å². The van der Waals surface area contributed by atoms with E-state index in [0.29, 0.717) is 17.1 Å². The van der Waals surface area contributed by atoms with Crippen LogP contribution in [0.2, 0.25) is 10.0 Å². The number of amides is 1. The van der Waals surface area contributed by atoms with Gasteiger partial charge >= 0.3 is 6.18 Å². The number of piperidine rings is 1. The number of carbonyl (C=O) groups excluding carboxylic acids is 1. The van der Waals surface area contributed by atoms with Crippen LogP contribution in [0.3, 0.4) is 0 Å². The standard InChI is InChI=1S/C21H23Cl2F3N4O/c1-2-13-5-3-4-8-29(13)20(31)17-11-19-27-16(12-6-7-14(22)15(23)9-12)10-18(21(24,25)26)30(19)28-17/h6-7,9,11,13,16,18,27H,2-5,8,10H2,1H3/t13-,16-,18-/m1/s1. The van der Waals surface area contributed by atoms with Gasteiger partial charge in [-0.2, -0.15) is 18.3 Å². The number of nitrogens with zero attached hydrogens (tertiary/aromatic N) is 3. The van der Waals surface area contributed by atoms with E-state index in [1.54, 1.807) is 23.1 Å². The van der Waals surface area contributed by atoms with Gasteiger partial charge < -0.3 is 10.2 Å². The molecule has 0 saturated carbocycles. The summed E-state index contributed by atoms with van der Waals surface area (Å²) in [4.78, 5) is 14.8. The highest BCUT2D eigenvalue weighted by molar-refractivity contribution is 6.42. The highest BCUT2D eigenvalue weighted by atomic mass is 35.5. The summed E-state index contributed by atoms with van der Waals surface area (Å²) in [6, 6.07) is 3.79. The van der Waals surface area contributed by atoms with Crippen molar-refractivity contribution in [3.8, 4) is 0 Å². The Morgan fingerprint density at radius 1 is 1.23 bits per heavy atom. The molecule has 3 heterocycles. The summed E-state index contributed by atoms with van der Waals surface area (Å²) in [5.41, 5.74) is 0.623. The molecule has 0 aliphatic carbocycles. The van der Waals surface area contributed by atoms with Crippen molar-refractivity contribution in [3.63, 3.8) is 0 Å². The third-order valence-corrected chi connectivity index (χ3v) is 6.85. The van der Waals surface area contributed by atoms with Crippen LogP contribution in [-0.4, -0.2) is 39.4 Å². The summed E-state index contributed by atoms with van der Waals surface area (Å²) >= 11 is 12.0. The van der Waals surface area contributed by atoms with Gasteiger partial charge in [0, 0.05) is 25.1 Å². The molecular weight excluding hydrogens is 452 g/mol. The van der Waals surface area contributed by atoms with Gasteiger partial charge in [0.2, 0.25) is 0 Å². The first kappa shape index (κ1) is 22.3. The maximum atomic E-state index is 13.9. The van der Waals surface area contributed by atoms with Gasteiger partial charge in [0.25, 0.3) is 5.91 Å². The van der Waals surface area contributed by atoms with Crippen LogP contribution >= 0.6 is 23.2 Å². The van der Waals surface area contributed by atoms with E-state index >= 15 is 0 Å². The van der Waals surface area contributed by atoms with Crippen LogP contribution in [0, 0.1) is 0 Å². The van der Waals surface area contributed by atoms with E-state index in [4.69, 9.17) is 23.2 Å². The number of alkyl halides is 3. The topological polar surface area (TPSA) is 50.2 Å². The molecule has 2 aromatic rings. The van der Waals surface area contributed by atoms with Crippen molar-refractivity contribution < 1.29 is 18.0 Å². The fourth-order valence-corrected chi connectivity index (χ4v) is 4.77. The van der Waals surface area contributed by atoms with E-state index < -0.39 is 18.3 Å². The minimum atomic E-state index is -4.52. The molecule has 1 aromatic heterocycles. The Morgan fingerprint density at radius 3 is 2.68 bits per heavy atom. The number of nitrogens with one attached hydrogen (secondary N) is 1. The van der Waals surface area contributed by atoms with Crippen LogP contribution in [0.25, 0.3) is 0 Å². The van der Waals surface area contributed by atoms with Crippen molar-refractivity contribution in [2.24, 2.45) is 0 Å². The number of rotatable bonds is 3. The van der Waals surface area contributed by atoms with E-state index in [1.807, 2.05) is 6.92 Å². The van der Waals surface area contributed by atoms with Crippen molar-refractivity contribution in [1.29, 1.82) is 0 Å². The van der Waals surface area contributed by atoms with Crippen LogP contribution in [0.5, 0.6) is 0 Å². The Morgan fingerprint density at radius 2 is 2.00 bits per heavy atom. The smallest absolute Gasteiger partial charge is 0.363 e. The average molecular weight is 475 g/mol. The first-order chi connectivity index (χ1) is 14.7. The van der Waals surface area contributed by atoms with Crippen molar-refractivity contribution in [2.75, 3.05) is 11.9 Å². The molecule has 168 valence electrons. The molecule has 1 N–H and O–H groups in total. The predicted molar refractivity (Wildman–Crippen MR) is 114 cm³/mol. The molecule has 4 rings (SSSR count). The Balaban J connectivity index is 1.67. The van der Waals surface area contributed by atoms with E-state index in [1.165, 1.54) is 6.07 Å². The van der Waals surface area contributed by atoms with E-state index in [0.717, 1.165) is 30.4 Å². The van der Waals surface area contributed by atoms with Crippen LogP contribution in [0.15, 0.2) is 24.3 Å². The second-order valence-electron chi connectivity index (χ2n) is 8.08. The van der Waals surface area contributed by atoms with Crippen LogP contribution in [0.1, 0.15) is 67.2 Å². The summed E-state index contributed by atoms with van der Waals surface area (Å²) in [7, 11) is 0. The number of benzene rings is 1. The molecule has 5 nitrogen and oxygen atoms in total. The Bertz CT molecular complexity index is 978. The normalized spacial score (nSPS) is 23.9. The van der Waals surface area contributed by atoms with Gasteiger partial charge in [-0.1, -0.05) is 36.2 Å². The molecule has 1 amide bonds. The number of anilines is 1. The van der Waals surface area contributed by atoms with Crippen molar-refractivity contribution in [1.82, 2.24) is 14.7 Å². The molecule has 0 unspecified atom stereocenters. The van der Waals surface area contributed by atoms with Crippen LogP contribution in [0.4, 0.5) is 19.0 Å². The average Bonchev–Trinajstić information content (AvgIpc) is 3.17. The van der Waals surface area contributed by atoms with E-state index in [9.17, 15) is 18.0 Å². The first-order valence-electron chi connectivity index (χ1n) is 10.4. The van der Waals surface area contributed by atoms with Gasteiger partial charge in [-0.25, -0.2) is 4.68 Å². The Kier molecular flexibility index (Phi) is 6.14. The van der Waals surface area contributed by atoms with Gasteiger partial charge in [0.05, 0.1) is 16.1 Å². The minimum Gasteiger partial charge on any atom is -0.363 e. The summed E-state index contributed by atoms with van der Waals surface area (Å²) in [6.07, 6.45) is -1.15. The second kappa shape index (κ2) is 8.54. The third-order valence-electron chi connectivity index (χ3n) is 6.11. The molecule has 1 saturated heterocycles. The highest BCUT2D eigenvalue weighted by Gasteiger charge is 2.47. The van der Waals surface area contributed by atoms with Crippen molar-refractivity contribution >= 4 is 34.9 Å². The monoisotopic (exact) mass is 474 g/mol. The van der Waals surface area contributed by atoms with Gasteiger partial charge in [-0.05, 0) is 43.4 Å². The number of fused-ring (bicyclic) bond motifs is 1. The molecule has 1 aromatic carbocycles. The maximum Gasteiger partial charge on any atom is 0.410 e. The molecular formula is C21H23Cl2F3N4O. The summed E-state index contributed by atoms with van der Waals surface area (Å²) in [5, 5.41) is 7.80. The zero-order valence-electron chi connectivity index (χ0n) is 16.9. The third kappa shape index (κ3) is 4.37. The van der Waals surface area contributed by atoms with Gasteiger partial charge in [-0.15, -0.1) is 0 Å². The molecule has 3 atom stereocenters. The zero-order valence-corrected chi connectivity index (χ0v) is 18.4. The molecule has 31 heavy (non-hydrogen) atoms. The molecule has 0 spiro atoms. The fourth-order valence-electron chi connectivity index (χ4n) is 4.47. The number of halogens is 5. The van der Waals surface area contributed by atoms with E-state index in [-0.39, 0.29) is 34.9 Å². The van der Waals surface area contributed by atoms with Crippen molar-refractivity contribution in [3.05, 3.63) is 45.6 Å². The van der Waals surface area contributed by atoms with Crippen molar-refractivity contribution in [2.45, 2.75) is 63.3 Å². The van der Waals surface area contributed by atoms with Gasteiger partial charge in [0.15, 0.2) is 11.7 Å². The van der Waals surface area contributed by atoms with Gasteiger partial charge in [-0.3, -0.25) is 4.79 Å². The lowest BCUT2D eigenvalue weighted by Gasteiger charge is -2.34. The highest BCUT2D eigenvalue weighted by Crippen LogP contribution is 2.44.